The van der Waals surface area contributed by atoms with E-state index in [2.05, 4.69) is 4.98 Å². The molecular formula is C16H10N3O6-. The van der Waals surface area contributed by atoms with Crippen LogP contribution in [0, 0.1) is 10.1 Å². The Bertz CT molecular complexity index is 1090. The number of rotatable bonds is 4. The molecule has 0 radical (unpaired) electrons. The summed E-state index contributed by atoms with van der Waals surface area (Å²) in [5, 5.41) is 21.7. The minimum absolute atomic E-state index is 0.148. The number of nitro groups is 1. The van der Waals surface area contributed by atoms with Gasteiger partial charge in [0.1, 0.15) is 16.3 Å². The molecule has 9 nitrogen and oxygen atoms in total. The standard InChI is InChI=1S/C16H11N3O6/c1-18-8-12(16(21)22)14(20)11-6-3-9(17-15(11)18)2-4-10-5-7-13(25-10)19(23)24/h2-8H,1H3,(H,21,22)/p-1. The molecule has 0 N–H and O–H groups in total. The number of carboxylic acid groups (broad SMARTS) is 1. The average molecular weight is 340 g/mol. The second-order valence-corrected chi connectivity index (χ2v) is 5.14. The zero-order chi connectivity index (χ0) is 18.1. The Morgan fingerprint density at radius 3 is 2.68 bits per heavy atom. The molecule has 0 spiro atoms. The van der Waals surface area contributed by atoms with E-state index in [1.165, 1.54) is 34.9 Å². The topological polar surface area (TPSA) is 131 Å². The molecule has 0 bridgehead atoms. The van der Waals surface area contributed by atoms with Crippen molar-refractivity contribution in [2.24, 2.45) is 7.05 Å². The summed E-state index contributed by atoms with van der Waals surface area (Å²) in [5.74, 6) is -1.65. The summed E-state index contributed by atoms with van der Waals surface area (Å²) >= 11 is 0. The van der Waals surface area contributed by atoms with Gasteiger partial charge in [-0.25, -0.2) is 4.98 Å². The molecule has 0 atom stereocenters. The fourth-order valence-corrected chi connectivity index (χ4v) is 2.30. The molecule has 0 aliphatic rings. The molecule has 3 aromatic rings. The van der Waals surface area contributed by atoms with Gasteiger partial charge >= 0.3 is 5.88 Å². The van der Waals surface area contributed by atoms with E-state index >= 15 is 0 Å². The summed E-state index contributed by atoms with van der Waals surface area (Å²) in [6, 6.07) is 5.66. The fraction of sp³-hybridized carbons (Fsp3) is 0.0625. The average Bonchev–Trinajstić information content (AvgIpc) is 3.05. The van der Waals surface area contributed by atoms with E-state index in [-0.39, 0.29) is 17.0 Å². The van der Waals surface area contributed by atoms with Crippen LogP contribution in [0.2, 0.25) is 0 Å². The van der Waals surface area contributed by atoms with Crippen molar-refractivity contribution in [2.75, 3.05) is 0 Å². The van der Waals surface area contributed by atoms with Gasteiger partial charge in [0.05, 0.1) is 28.7 Å². The Hall–Kier alpha value is -3.75. The molecule has 0 saturated heterocycles. The van der Waals surface area contributed by atoms with Crippen LogP contribution < -0.4 is 10.5 Å². The van der Waals surface area contributed by atoms with Gasteiger partial charge in [0.15, 0.2) is 5.43 Å². The summed E-state index contributed by atoms with van der Waals surface area (Å²) in [6.45, 7) is 0. The van der Waals surface area contributed by atoms with Crippen molar-refractivity contribution in [3.63, 3.8) is 0 Å². The molecule has 3 rings (SSSR count). The normalized spacial score (nSPS) is 11.2. The highest BCUT2D eigenvalue weighted by atomic mass is 16.6. The number of carbonyl (C=O) groups is 1. The monoisotopic (exact) mass is 340 g/mol. The van der Waals surface area contributed by atoms with Crippen molar-refractivity contribution in [1.29, 1.82) is 0 Å². The van der Waals surface area contributed by atoms with Crippen LogP contribution in [0.5, 0.6) is 0 Å². The van der Waals surface area contributed by atoms with Crippen molar-refractivity contribution in [1.82, 2.24) is 9.55 Å². The van der Waals surface area contributed by atoms with Crippen LogP contribution >= 0.6 is 0 Å². The Morgan fingerprint density at radius 1 is 1.28 bits per heavy atom. The second-order valence-electron chi connectivity index (χ2n) is 5.14. The van der Waals surface area contributed by atoms with Crippen LogP contribution in [0.25, 0.3) is 23.2 Å². The van der Waals surface area contributed by atoms with Gasteiger partial charge < -0.3 is 18.9 Å². The lowest BCUT2D eigenvalue weighted by Gasteiger charge is -2.09. The zero-order valence-corrected chi connectivity index (χ0v) is 12.8. The van der Waals surface area contributed by atoms with Crippen molar-refractivity contribution >= 4 is 35.0 Å². The number of hydrogen-bond donors (Lipinski definition) is 0. The van der Waals surface area contributed by atoms with Gasteiger partial charge in [0.2, 0.25) is 0 Å². The van der Waals surface area contributed by atoms with E-state index in [1.807, 2.05) is 0 Å². The molecule has 3 aromatic heterocycles. The SMILES string of the molecule is Cn1cc(C(=O)[O-])c(=O)c2ccc(C=Cc3ccc([N+](=O)[O-])o3)nc21. The van der Waals surface area contributed by atoms with Crippen molar-refractivity contribution in [2.45, 2.75) is 0 Å². The van der Waals surface area contributed by atoms with E-state index in [0.29, 0.717) is 11.3 Å². The largest absolute Gasteiger partial charge is 0.545 e. The fourth-order valence-electron chi connectivity index (χ4n) is 2.30. The Balaban J connectivity index is 2.01. The second kappa shape index (κ2) is 6.04. The van der Waals surface area contributed by atoms with Crippen LogP contribution in [0.15, 0.2) is 39.7 Å². The minimum Gasteiger partial charge on any atom is -0.545 e. The van der Waals surface area contributed by atoms with E-state index in [9.17, 15) is 24.8 Å². The first-order valence-corrected chi connectivity index (χ1v) is 7.01. The lowest BCUT2D eigenvalue weighted by molar-refractivity contribution is -0.402. The minimum atomic E-state index is -1.55. The Labute approximate surface area is 139 Å². The van der Waals surface area contributed by atoms with Gasteiger partial charge in [-0.3, -0.25) is 14.9 Å². The first-order chi connectivity index (χ1) is 11.9. The van der Waals surface area contributed by atoms with Gasteiger partial charge in [-0.2, -0.15) is 0 Å². The maximum Gasteiger partial charge on any atom is 0.433 e. The lowest BCUT2D eigenvalue weighted by Crippen LogP contribution is -2.30. The molecule has 0 saturated carbocycles. The number of aryl methyl sites for hydroxylation is 1. The quantitative estimate of drug-likeness (QED) is 0.510. The van der Waals surface area contributed by atoms with Gasteiger partial charge in [-0.05, 0) is 30.4 Å². The third-order valence-electron chi connectivity index (χ3n) is 3.47. The lowest BCUT2D eigenvalue weighted by atomic mass is 10.2. The highest BCUT2D eigenvalue weighted by Gasteiger charge is 2.11. The first-order valence-electron chi connectivity index (χ1n) is 7.01. The predicted molar refractivity (Wildman–Crippen MR) is 85.6 cm³/mol. The number of aromatic nitrogens is 2. The number of carboxylic acids is 1. The van der Waals surface area contributed by atoms with Gasteiger partial charge in [0, 0.05) is 13.2 Å². The van der Waals surface area contributed by atoms with Gasteiger partial charge in [0.25, 0.3) is 0 Å². The molecule has 3 heterocycles. The van der Waals surface area contributed by atoms with Crippen LogP contribution in [-0.4, -0.2) is 20.4 Å². The summed E-state index contributed by atoms with van der Waals surface area (Å²) in [7, 11) is 1.56. The Kier molecular flexibility index (Phi) is 3.89. The number of pyridine rings is 2. The number of carbonyl (C=O) groups excluding carboxylic acids is 1. The molecule has 9 heteroatoms. The van der Waals surface area contributed by atoms with Crippen LogP contribution in [0.3, 0.4) is 0 Å². The van der Waals surface area contributed by atoms with E-state index < -0.39 is 21.9 Å². The molecular weight excluding hydrogens is 330 g/mol. The number of hydrogen-bond acceptors (Lipinski definition) is 7. The summed E-state index contributed by atoms with van der Waals surface area (Å²) < 4.78 is 6.41. The maximum atomic E-state index is 12.1. The first kappa shape index (κ1) is 16.1. The number of furan rings is 1. The smallest absolute Gasteiger partial charge is 0.433 e. The maximum absolute atomic E-state index is 12.1. The van der Waals surface area contributed by atoms with Crippen LogP contribution in [-0.2, 0) is 7.05 Å². The molecule has 126 valence electrons. The highest BCUT2D eigenvalue weighted by molar-refractivity contribution is 5.90. The summed E-state index contributed by atoms with van der Waals surface area (Å²) in [6.07, 6.45) is 4.20. The van der Waals surface area contributed by atoms with Crippen molar-refractivity contribution in [3.8, 4) is 0 Å². The van der Waals surface area contributed by atoms with Crippen molar-refractivity contribution < 1.29 is 19.2 Å². The molecule has 0 aliphatic carbocycles. The summed E-state index contributed by atoms with van der Waals surface area (Å²) in [4.78, 5) is 37.3. The summed E-state index contributed by atoms with van der Waals surface area (Å²) in [5.41, 5.74) is -0.355. The Morgan fingerprint density at radius 2 is 2.04 bits per heavy atom. The van der Waals surface area contributed by atoms with Crippen LogP contribution in [0.1, 0.15) is 21.8 Å². The molecule has 0 fully saturated rings. The molecule has 0 aliphatic heterocycles. The van der Waals surface area contributed by atoms with E-state index in [4.69, 9.17) is 4.42 Å². The van der Waals surface area contributed by atoms with E-state index in [0.717, 1.165) is 6.20 Å². The molecule has 0 unspecified atom stereocenters. The number of nitrogens with zero attached hydrogens (tertiary/aromatic N) is 3. The zero-order valence-electron chi connectivity index (χ0n) is 12.8. The van der Waals surface area contributed by atoms with E-state index in [1.54, 1.807) is 13.1 Å². The molecule has 0 aromatic carbocycles. The van der Waals surface area contributed by atoms with Crippen LogP contribution in [0.4, 0.5) is 5.88 Å². The third kappa shape index (κ3) is 3.02. The van der Waals surface area contributed by atoms with Crippen molar-refractivity contribution in [3.05, 3.63) is 67.8 Å². The number of aromatic carboxylic acids is 1. The third-order valence-corrected chi connectivity index (χ3v) is 3.47. The molecule has 0 amide bonds. The molecule has 25 heavy (non-hydrogen) atoms. The highest BCUT2D eigenvalue weighted by Crippen LogP contribution is 2.18. The predicted octanol–water partition coefficient (Wildman–Crippen LogP) is 0.969. The number of fused-ring (bicyclic) bond motifs is 1. The van der Waals surface area contributed by atoms with Gasteiger partial charge in [-0.15, -0.1) is 0 Å². The van der Waals surface area contributed by atoms with Gasteiger partial charge in [-0.1, -0.05) is 0 Å².